The molecule has 100 valence electrons. The summed E-state index contributed by atoms with van der Waals surface area (Å²) in [5, 5.41) is 14.9. The highest BCUT2D eigenvalue weighted by Gasteiger charge is 2.23. The molecule has 3 aromatic rings. The molecular weight excluding hydrogens is 254 g/mol. The van der Waals surface area contributed by atoms with E-state index in [1.807, 2.05) is 18.2 Å². The molecule has 3 heterocycles. The molecule has 20 heavy (non-hydrogen) atoms. The van der Waals surface area contributed by atoms with E-state index in [0.717, 1.165) is 34.4 Å². The van der Waals surface area contributed by atoms with Gasteiger partial charge < -0.3 is 9.84 Å². The average molecular weight is 267 g/mol. The van der Waals surface area contributed by atoms with Gasteiger partial charge in [0.2, 0.25) is 0 Å². The summed E-state index contributed by atoms with van der Waals surface area (Å²) >= 11 is 0. The lowest BCUT2D eigenvalue weighted by Crippen LogP contribution is -2.02. The number of para-hydroxylation sites is 1. The van der Waals surface area contributed by atoms with Gasteiger partial charge in [-0.1, -0.05) is 18.2 Å². The van der Waals surface area contributed by atoms with Gasteiger partial charge in [0.1, 0.15) is 11.9 Å². The summed E-state index contributed by atoms with van der Waals surface area (Å²) in [6, 6.07) is 5.89. The van der Waals surface area contributed by atoms with Crippen molar-refractivity contribution >= 4 is 5.52 Å². The summed E-state index contributed by atoms with van der Waals surface area (Å²) in [6.07, 6.45) is 6.94. The molecular formula is C15H13N3O2. The molecule has 1 unspecified atom stereocenters. The number of aliphatic hydroxyl groups excluding tert-OH is 1. The lowest BCUT2D eigenvalue weighted by molar-refractivity contribution is 0.215. The SMILES string of the molecule is OC(c1cccc2c1OCC2)c1cnn2ccncc12. The standard InChI is InChI=1S/C15H13N3O2/c19-14(11-3-1-2-10-4-7-20-15(10)11)12-8-17-18-6-5-16-9-13(12)18/h1-3,5-6,8-9,14,19H,4,7H2. The number of aromatic nitrogens is 3. The maximum Gasteiger partial charge on any atom is 0.128 e. The molecule has 0 bridgehead atoms. The number of fused-ring (bicyclic) bond motifs is 2. The van der Waals surface area contributed by atoms with E-state index in [1.54, 1.807) is 29.3 Å². The number of hydrogen-bond donors (Lipinski definition) is 1. The number of aliphatic hydroxyl groups is 1. The van der Waals surface area contributed by atoms with Crippen molar-refractivity contribution in [2.24, 2.45) is 0 Å². The summed E-state index contributed by atoms with van der Waals surface area (Å²) in [4.78, 5) is 4.09. The monoisotopic (exact) mass is 267 g/mol. The van der Waals surface area contributed by atoms with Crippen LogP contribution in [0, 0.1) is 0 Å². The van der Waals surface area contributed by atoms with E-state index in [0.29, 0.717) is 6.61 Å². The Hall–Kier alpha value is -2.40. The molecule has 5 nitrogen and oxygen atoms in total. The maximum absolute atomic E-state index is 10.7. The van der Waals surface area contributed by atoms with Crippen LogP contribution in [-0.4, -0.2) is 26.3 Å². The molecule has 0 saturated heterocycles. The summed E-state index contributed by atoms with van der Waals surface area (Å²) in [7, 11) is 0. The summed E-state index contributed by atoms with van der Waals surface area (Å²) in [5.41, 5.74) is 3.48. The molecule has 1 aromatic carbocycles. The van der Waals surface area contributed by atoms with Crippen molar-refractivity contribution in [3.63, 3.8) is 0 Å². The fraction of sp³-hybridized carbons (Fsp3) is 0.200. The van der Waals surface area contributed by atoms with E-state index in [4.69, 9.17) is 4.74 Å². The third-order valence-corrected chi connectivity index (χ3v) is 3.69. The predicted octanol–water partition coefficient (Wildman–Crippen LogP) is 1.75. The fourth-order valence-corrected chi connectivity index (χ4v) is 2.69. The summed E-state index contributed by atoms with van der Waals surface area (Å²) in [6.45, 7) is 0.676. The first kappa shape index (κ1) is 11.4. The van der Waals surface area contributed by atoms with Crippen molar-refractivity contribution in [3.05, 3.63) is 59.7 Å². The number of nitrogens with zero attached hydrogens (tertiary/aromatic N) is 3. The van der Waals surface area contributed by atoms with E-state index in [9.17, 15) is 5.11 Å². The summed E-state index contributed by atoms with van der Waals surface area (Å²) in [5.74, 6) is 0.809. The number of rotatable bonds is 2. The van der Waals surface area contributed by atoms with Crippen LogP contribution in [0.4, 0.5) is 0 Å². The van der Waals surface area contributed by atoms with Crippen LogP contribution in [0.25, 0.3) is 5.52 Å². The van der Waals surface area contributed by atoms with Gasteiger partial charge in [-0.15, -0.1) is 0 Å². The maximum atomic E-state index is 10.7. The van der Waals surface area contributed by atoms with Crippen LogP contribution in [0.5, 0.6) is 5.75 Å². The van der Waals surface area contributed by atoms with Gasteiger partial charge in [0.15, 0.2) is 0 Å². The highest BCUT2D eigenvalue weighted by Crippen LogP contribution is 2.36. The van der Waals surface area contributed by atoms with Gasteiger partial charge in [0, 0.05) is 29.9 Å². The quantitative estimate of drug-likeness (QED) is 0.768. The van der Waals surface area contributed by atoms with E-state index < -0.39 is 6.10 Å². The molecule has 1 N–H and O–H groups in total. The van der Waals surface area contributed by atoms with Gasteiger partial charge in [-0.3, -0.25) is 4.98 Å². The van der Waals surface area contributed by atoms with E-state index in [1.165, 1.54) is 0 Å². The zero-order chi connectivity index (χ0) is 13.5. The second-order valence-corrected chi connectivity index (χ2v) is 4.84. The molecule has 0 radical (unpaired) electrons. The first-order chi connectivity index (χ1) is 9.84. The topological polar surface area (TPSA) is 59.7 Å². The summed E-state index contributed by atoms with van der Waals surface area (Å²) < 4.78 is 7.36. The Kier molecular flexibility index (Phi) is 2.47. The highest BCUT2D eigenvalue weighted by molar-refractivity contribution is 5.57. The van der Waals surface area contributed by atoms with E-state index >= 15 is 0 Å². The van der Waals surface area contributed by atoms with Crippen molar-refractivity contribution in [2.75, 3.05) is 6.61 Å². The number of hydrogen-bond acceptors (Lipinski definition) is 4. The molecule has 0 spiro atoms. The Morgan fingerprint density at radius 1 is 1.25 bits per heavy atom. The predicted molar refractivity (Wildman–Crippen MR) is 72.7 cm³/mol. The average Bonchev–Trinajstić information content (AvgIpc) is 3.12. The van der Waals surface area contributed by atoms with Gasteiger partial charge in [-0.2, -0.15) is 5.10 Å². The second kappa shape index (κ2) is 4.31. The van der Waals surface area contributed by atoms with Crippen LogP contribution in [0.2, 0.25) is 0 Å². The second-order valence-electron chi connectivity index (χ2n) is 4.84. The Morgan fingerprint density at radius 3 is 3.15 bits per heavy atom. The fourth-order valence-electron chi connectivity index (χ4n) is 2.69. The van der Waals surface area contributed by atoms with Gasteiger partial charge in [-0.25, -0.2) is 4.52 Å². The van der Waals surface area contributed by atoms with Crippen molar-refractivity contribution in [3.8, 4) is 5.75 Å². The van der Waals surface area contributed by atoms with Crippen LogP contribution < -0.4 is 4.74 Å². The minimum Gasteiger partial charge on any atom is -0.493 e. The van der Waals surface area contributed by atoms with Crippen LogP contribution in [0.15, 0.2) is 43.0 Å². The number of ether oxygens (including phenoxy) is 1. The van der Waals surface area contributed by atoms with Crippen molar-refractivity contribution in [2.45, 2.75) is 12.5 Å². The molecule has 1 aliphatic heterocycles. The normalized spacial score (nSPS) is 15.1. The minimum absolute atomic E-state index is 0.676. The molecule has 0 aliphatic carbocycles. The first-order valence-corrected chi connectivity index (χ1v) is 6.54. The molecule has 1 atom stereocenters. The van der Waals surface area contributed by atoms with E-state index in [2.05, 4.69) is 10.1 Å². The van der Waals surface area contributed by atoms with Gasteiger partial charge in [0.05, 0.1) is 24.5 Å². The zero-order valence-electron chi connectivity index (χ0n) is 10.7. The third-order valence-electron chi connectivity index (χ3n) is 3.69. The van der Waals surface area contributed by atoms with Crippen LogP contribution in [0.1, 0.15) is 22.8 Å². The van der Waals surface area contributed by atoms with Gasteiger partial charge >= 0.3 is 0 Å². The molecule has 0 amide bonds. The molecule has 0 fully saturated rings. The minimum atomic E-state index is -0.759. The third kappa shape index (κ3) is 1.60. The first-order valence-electron chi connectivity index (χ1n) is 6.54. The van der Waals surface area contributed by atoms with Crippen molar-refractivity contribution in [1.29, 1.82) is 0 Å². The van der Waals surface area contributed by atoms with Gasteiger partial charge in [-0.05, 0) is 5.56 Å². The van der Waals surface area contributed by atoms with Crippen molar-refractivity contribution < 1.29 is 9.84 Å². The van der Waals surface area contributed by atoms with E-state index in [-0.39, 0.29) is 0 Å². The molecule has 5 heteroatoms. The largest absolute Gasteiger partial charge is 0.493 e. The molecule has 0 saturated carbocycles. The Balaban J connectivity index is 1.85. The lowest BCUT2D eigenvalue weighted by Gasteiger charge is -2.13. The molecule has 1 aliphatic rings. The Morgan fingerprint density at radius 2 is 2.20 bits per heavy atom. The van der Waals surface area contributed by atoms with Crippen molar-refractivity contribution in [1.82, 2.24) is 14.6 Å². The van der Waals surface area contributed by atoms with Crippen LogP contribution >= 0.6 is 0 Å². The van der Waals surface area contributed by atoms with Crippen LogP contribution in [-0.2, 0) is 6.42 Å². The zero-order valence-corrected chi connectivity index (χ0v) is 10.7. The molecule has 4 rings (SSSR count). The van der Waals surface area contributed by atoms with Gasteiger partial charge in [0.25, 0.3) is 0 Å². The molecule has 2 aromatic heterocycles. The smallest absolute Gasteiger partial charge is 0.128 e. The Bertz CT molecular complexity index is 782. The highest BCUT2D eigenvalue weighted by atomic mass is 16.5. The number of benzene rings is 1. The lowest BCUT2D eigenvalue weighted by atomic mass is 9.99. The van der Waals surface area contributed by atoms with Crippen LogP contribution in [0.3, 0.4) is 0 Å². The Labute approximate surface area is 115 Å².